The fraction of sp³-hybridized carbons (Fsp3) is 0.500. The molecular formula is C26H35N5O2. The SMILES string of the molecule is CCn1nc(C)cc1C(=O)N1CCC(c2nccn2CCCCOCc2ccccc2)CC1. The van der Waals surface area contributed by atoms with Crippen LogP contribution in [-0.2, 0) is 24.4 Å². The van der Waals surface area contributed by atoms with Crippen molar-refractivity contribution in [3.8, 4) is 0 Å². The molecular weight excluding hydrogens is 414 g/mol. The summed E-state index contributed by atoms with van der Waals surface area (Å²) in [5, 5.41) is 4.42. The third kappa shape index (κ3) is 5.90. The number of carbonyl (C=O) groups is 1. The van der Waals surface area contributed by atoms with Gasteiger partial charge in [0.15, 0.2) is 0 Å². The number of ether oxygens (including phenoxy) is 1. The Labute approximate surface area is 196 Å². The number of imidazole rings is 1. The Balaban J connectivity index is 1.22. The van der Waals surface area contributed by atoms with E-state index in [-0.39, 0.29) is 5.91 Å². The molecule has 0 aliphatic carbocycles. The van der Waals surface area contributed by atoms with Gasteiger partial charge in [-0.05, 0) is 51.2 Å². The van der Waals surface area contributed by atoms with Crippen molar-refractivity contribution >= 4 is 5.91 Å². The van der Waals surface area contributed by atoms with Crippen molar-refractivity contribution in [3.63, 3.8) is 0 Å². The fourth-order valence-electron chi connectivity index (χ4n) is 4.58. The van der Waals surface area contributed by atoms with E-state index >= 15 is 0 Å². The molecule has 7 heteroatoms. The van der Waals surface area contributed by atoms with E-state index in [4.69, 9.17) is 4.74 Å². The molecule has 0 bridgehead atoms. The van der Waals surface area contributed by atoms with Gasteiger partial charge in [0, 0.05) is 51.1 Å². The number of unbranched alkanes of at least 4 members (excludes halogenated alkanes) is 1. The van der Waals surface area contributed by atoms with Gasteiger partial charge in [-0.1, -0.05) is 30.3 Å². The molecule has 1 aromatic carbocycles. The number of aryl methyl sites for hydroxylation is 3. The molecule has 1 saturated heterocycles. The molecule has 33 heavy (non-hydrogen) atoms. The van der Waals surface area contributed by atoms with Gasteiger partial charge in [-0.25, -0.2) is 4.98 Å². The van der Waals surface area contributed by atoms with Gasteiger partial charge in [0.1, 0.15) is 11.5 Å². The van der Waals surface area contributed by atoms with Gasteiger partial charge in [0.2, 0.25) is 0 Å². The average Bonchev–Trinajstić information content (AvgIpc) is 3.47. The summed E-state index contributed by atoms with van der Waals surface area (Å²) in [6.45, 7) is 8.59. The number of carbonyl (C=O) groups excluding carboxylic acids is 1. The second kappa shape index (κ2) is 11.3. The van der Waals surface area contributed by atoms with E-state index in [0.717, 1.165) is 63.4 Å². The molecule has 1 aliphatic rings. The lowest BCUT2D eigenvalue weighted by Gasteiger charge is -2.32. The van der Waals surface area contributed by atoms with Gasteiger partial charge in [-0.15, -0.1) is 0 Å². The minimum Gasteiger partial charge on any atom is -0.377 e. The predicted molar refractivity (Wildman–Crippen MR) is 128 cm³/mol. The molecule has 0 spiro atoms. The van der Waals surface area contributed by atoms with Crippen LogP contribution < -0.4 is 0 Å². The van der Waals surface area contributed by atoms with Crippen LogP contribution in [0.1, 0.15) is 66.1 Å². The molecule has 0 atom stereocenters. The normalized spacial score (nSPS) is 14.7. The zero-order chi connectivity index (χ0) is 23.0. The zero-order valence-electron chi connectivity index (χ0n) is 19.8. The number of hydrogen-bond donors (Lipinski definition) is 0. The van der Waals surface area contributed by atoms with Crippen LogP contribution in [0.5, 0.6) is 0 Å². The highest BCUT2D eigenvalue weighted by Crippen LogP contribution is 2.28. The Morgan fingerprint density at radius 3 is 2.70 bits per heavy atom. The van der Waals surface area contributed by atoms with Crippen LogP contribution in [0.15, 0.2) is 48.8 Å². The standard InChI is InChI=1S/C26H35N5O2/c1-3-31-24(19-21(2)28-31)26(32)30-15-11-23(12-16-30)25-27-13-17-29(25)14-7-8-18-33-20-22-9-5-4-6-10-22/h4-6,9-10,13,17,19,23H,3,7-8,11-12,14-16,18,20H2,1-2H3. The molecule has 0 radical (unpaired) electrons. The molecule has 3 heterocycles. The second-order valence-corrected chi connectivity index (χ2v) is 8.78. The van der Waals surface area contributed by atoms with Crippen LogP contribution in [0.4, 0.5) is 0 Å². The fourth-order valence-corrected chi connectivity index (χ4v) is 4.58. The lowest BCUT2D eigenvalue weighted by Crippen LogP contribution is -2.39. The first-order valence-electron chi connectivity index (χ1n) is 12.1. The number of benzene rings is 1. The van der Waals surface area contributed by atoms with Crippen LogP contribution in [-0.4, -0.2) is 49.8 Å². The summed E-state index contributed by atoms with van der Waals surface area (Å²) < 4.78 is 9.90. The number of likely N-dealkylation sites (tertiary alicyclic amines) is 1. The van der Waals surface area contributed by atoms with Crippen molar-refractivity contribution in [2.45, 2.75) is 65.1 Å². The first-order valence-corrected chi connectivity index (χ1v) is 12.1. The molecule has 1 amide bonds. The molecule has 3 aromatic rings. The van der Waals surface area contributed by atoms with Crippen LogP contribution >= 0.6 is 0 Å². The summed E-state index contributed by atoms with van der Waals surface area (Å²) in [6, 6.07) is 12.2. The monoisotopic (exact) mass is 449 g/mol. The van der Waals surface area contributed by atoms with Crippen molar-refractivity contribution in [1.82, 2.24) is 24.2 Å². The second-order valence-electron chi connectivity index (χ2n) is 8.78. The first kappa shape index (κ1) is 23.2. The maximum Gasteiger partial charge on any atom is 0.272 e. The smallest absolute Gasteiger partial charge is 0.272 e. The Bertz CT molecular complexity index is 1020. The molecule has 0 N–H and O–H groups in total. The van der Waals surface area contributed by atoms with E-state index in [1.54, 1.807) is 4.68 Å². The number of amides is 1. The minimum atomic E-state index is 0.0924. The largest absolute Gasteiger partial charge is 0.377 e. The quantitative estimate of drug-likeness (QED) is 0.430. The lowest BCUT2D eigenvalue weighted by atomic mass is 9.95. The molecule has 7 nitrogen and oxygen atoms in total. The maximum atomic E-state index is 13.0. The number of aromatic nitrogens is 4. The van der Waals surface area contributed by atoms with Gasteiger partial charge in [0.25, 0.3) is 5.91 Å². The van der Waals surface area contributed by atoms with Crippen LogP contribution in [0.2, 0.25) is 0 Å². The molecule has 2 aromatic heterocycles. The molecule has 4 rings (SSSR count). The van der Waals surface area contributed by atoms with Gasteiger partial charge < -0.3 is 14.2 Å². The van der Waals surface area contributed by atoms with Crippen molar-refractivity contribution in [1.29, 1.82) is 0 Å². The summed E-state index contributed by atoms with van der Waals surface area (Å²) in [5.74, 6) is 1.65. The third-order valence-electron chi connectivity index (χ3n) is 6.37. The Morgan fingerprint density at radius 2 is 1.94 bits per heavy atom. The zero-order valence-corrected chi connectivity index (χ0v) is 19.8. The highest BCUT2D eigenvalue weighted by Gasteiger charge is 2.28. The number of nitrogens with zero attached hydrogens (tertiary/aromatic N) is 5. The van der Waals surface area contributed by atoms with E-state index in [9.17, 15) is 4.79 Å². The average molecular weight is 450 g/mol. The number of hydrogen-bond acceptors (Lipinski definition) is 4. The molecule has 1 fully saturated rings. The summed E-state index contributed by atoms with van der Waals surface area (Å²) >= 11 is 0. The van der Waals surface area contributed by atoms with Crippen molar-refractivity contribution < 1.29 is 9.53 Å². The summed E-state index contributed by atoms with van der Waals surface area (Å²) in [4.78, 5) is 19.6. The number of piperidine rings is 1. The molecule has 0 unspecified atom stereocenters. The van der Waals surface area contributed by atoms with Crippen molar-refractivity contribution in [2.24, 2.45) is 0 Å². The van der Waals surface area contributed by atoms with Crippen molar-refractivity contribution in [2.75, 3.05) is 19.7 Å². The number of rotatable bonds is 10. The summed E-state index contributed by atoms with van der Waals surface area (Å²) in [5.41, 5.74) is 2.81. The molecule has 1 aliphatic heterocycles. The first-order chi connectivity index (χ1) is 16.2. The summed E-state index contributed by atoms with van der Waals surface area (Å²) in [7, 11) is 0. The lowest BCUT2D eigenvalue weighted by molar-refractivity contribution is 0.0697. The molecule has 0 saturated carbocycles. The minimum absolute atomic E-state index is 0.0924. The summed E-state index contributed by atoms with van der Waals surface area (Å²) in [6.07, 6.45) is 7.98. The Hall–Kier alpha value is -2.93. The Kier molecular flexibility index (Phi) is 7.94. The van der Waals surface area contributed by atoms with Gasteiger partial charge in [-0.3, -0.25) is 9.48 Å². The van der Waals surface area contributed by atoms with E-state index in [0.29, 0.717) is 24.8 Å². The highest BCUT2D eigenvalue weighted by molar-refractivity contribution is 5.92. The van der Waals surface area contributed by atoms with Crippen LogP contribution in [0.25, 0.3) is 0 Å². The van der Waals surface area contributed by atoms with Gasteiger partial charge in [-0.2, -0.15) is 5.10 Å². The van der Waals surface area contributed by atoms with E-state index < -0.39 is 0 Å². The van der Waals surface area contributed by atoms with E-state index in [1.807, 2.05) is 49.2 Å². The topological polar surface area (TPSA) is 65.2 Å². The molecule has 176 valence electrons. The Morgan fingerprint density at radius 1 is 1.15 bits per heavy atom. The maximum absolute atomic E-state index is 13.0. The van der Waals surface area contributed by atoms with Gasteiger partial charge >= 0.3 is 0 Å². The van der Waals surface area contributed by atoms with E-state index in [2.05, 4.69) is 33.0 Å². The van der Waals surface area contributed by atoms with Crippen molar-refractivity contribution in [3.05, 3.63) is 71.6 Å². The highest BCUT2D eigenvalue weighted by atomic mass is 16.5. The third-order valence-corrected chi connectivity index (χ3v) is 6.37. The van der Waals surface area contributed by atoms with Gasteiger partial charge in [0.05, 0.1) is 12.3 Å². The predicted octanol–water partition coefficient (Wildman–Crippen LogP) is 4.42. The van der Waals surface area contributed by atoms with Crippen LogP contribution in [0, 0.1) is 6.92 Å². The van der Waals surface area contributed by atoms with E-state index in [1.165, 1.54) is 5.56 Å². The van der Waals surface area contributed by atoms with Crippen LogP contribution in [0.3, 0.4) is 0 Å².